The van der Waals surface area contributed by atoms with Gasteiger partial charge in [-0.15, -0.1) is 0 Å². The summed E-state index contributed by atoms with van der Waals surface area (Å²) in [5.41, 5.74) is 2.59. The number of aliphatic imine (C=N–C) groups is 1. The zero-order valence-electron chi connectivity index (χ0n) is 17.3. The maximum absolute atomic E-state index is 6.06. The molecule has 1 atom stereocenters. The number of nitrogens with zero attached hydrogens (tertiary/aromatic N) is 3. The monoisotopic (exact) mass is 372 g/mol. The Labute approximate surface area is 164 Å². The molecule has 0 radical (unpaired) electrons. The Kier molecular flexibility index (Phi) is 7.53. The fraction of sp³-hybridized carbons (Fsp3) is 0.682. The Morgan fingerprint density at radius 1 is 1.22 bits per heavy atom. The maximum Gasteiger partial charge on any atom is 0.193 e. The van der Waals surface area contributed by atoms with Crippen molar-refractivity contribution >= 4 is 5.96 Å². The number of nitrogens with one attached hydrogen (secondary N) is 1. The number of rotatable bonds is 5. The van der Waals surface area contributed by atoms with Crippen LogP contribution < -0.4 is 5.32 Å². The molecular formula is C22H36N4O. The van der Waals surface area contributed by atoms with Gasteiger partial charge in [0.05, 0.1) is 13.2 Å². The summed E-state index contributed by atoms with van der Waals surface area (Å²) in [7, 11) is 1.89. The van der Waals surface area contributed by atoms with Crippen LogP contribution in [0.4, 0.5) is 0 Å². The van der Waals surface area contributed by atoms with Gasteiger partial charge in [0, 0.05) is 20.1 Å². The van der Waals surface area contributed by atoms with Gasteiger partial charge in [-0.2, -0.15) is 0 Å². The first-order valence-corrected chi connectivity index (χ1v) is 10.6. The lowest BCUT2D eigenvalue weighted by Crippen LogP contribution is -2.48. The first-order valence-electron chi connectivity index (χ1n) is 10.6. The first kappa shape index (κ1) is 20.2. The molecule has 0 spiro atoms. The van der Waals surface area contributed by atoms with E-state index < -0.39 is 0 Å². The predicted octanol–water partition coefficient (Wildman–Crippen LogP) is 3.07. The molecule has 0 bridgehead atoms. The van der Waals surface area contributed by atoms with Gasteiger partial charge in [-0.05, 0) is 62.9 Å². The van der Waals surface area contributed by atoms with Crippen molar-refractivity contribution in [2.45, 2.75) is 39.2 Å². The minimum absolute atomic E-state index is 0.122. The van der Waals surface area contributed by atoms with Crippen LogP contribution in [-0.4, -0.2) is 68.7 Å². The molecular weight excluding hydrogens is 336 g/mol. The zero-order chi connectivity index (χ0) is 19.1. The summed E-state index contributed by atoms with van der Waals surface area (Å²) in [4.78, 5) is 9.44. The van der Waals surface area contributed by atoms with Gasteiger partial charge in [-0.1, -0.05) is 31.2 Å². The summed E-state index contributed by atoms with van der Waals surface area (Å²) >= 11 is 0. The van der Waals surface area contributed by atoms with E-state index in [1.165, 1.54) is 50.0 Å². The molecule has 2 heterocycles. The molecule has 1 aromatic rings. The number of benzene rings is 1. The number of likely N-dealkylation sites (tertiary alicyclic amines) is 1. The van der Waals surface area contributed by atoms with Gasteiger partial charge in [0.25, 0.3) is 0 Å². The largest absolute Gasteiger partial charge is 0.370 e. The van der Waals surface area contributed by atoms with Crippen molar-refractivity contribution in [1.29, 1.82) is 0 Å². The lowest BCUT2D eigenvalue weighted by molar-refractivity contribution is -0.00833. The Morgan fingerprint density at radius 2 is 2.00 bits per heavy atom. The molecule has 5 heteroatoms. The van der Waals surface area contributed by atoms with E-state index in [1.807, 2.05) is 7.05 Å². The molecule has 5 nitrogen and oxygen atoms in total. The standard InChI is InChI=1S/C22H36N4O/c1-4-25-13-10-19(11-14-25)9-12-24-22(23-3)26-15-16-27-21(17-26)20-8-6-5-7-18(20)2/h5-8,19,21H,4,9-17H2,1-3H3,(H,23,24). The average Bonchev–Trinajstić information content (AvgIpc) is 2.72. The van der Waals surface area contributed by atoms with Gasteiger partial charge in [-0.25, -0.2) is 0 Å². The molecule has 3 rings (SSSR count). The van der Waals surface area contributed by atoms with Crippen molar-refractivity contribution in [3.63, 3.8) is 0 Å². The third-order valence-corrected chi connectivity index (χ3v) is 6.10. The van der Waals surface area contributed by atoms with Gasteiger partial charge in [0.1, 0.15) is 6.10 Å². The molecule has 0 aliphatic carbocycles. The minimum atomic E-state index is 0.122. The molecule has 1 aromatic carbocycles. The fourth-order valence-electron chi connectivity index (χ4n) is 4.29. The van der Waals surface area contributed by atoms with Crippen molar-refractivity contribution in [2.24, 2.45) is 10.9 Å². The number of piperidine rings is 1. The highest BCUT2D eigenvalue weighted by atomic mass is 16.5. The topological polar surface area (TPSA) is 40.1 Å². The molecule has 1 unspecified atom stereocenters. The van der Waals surface area contributed by atoms with Crippen LogP contribution in [0.5, 0.6) is 0 Å². The second-order valence-corrected chi connectivity index (χ2v) is 7.80. The predicted molar refractivity (Wildman–Crippen MR) is 112 cm³/mol. The summed E-state index contributed by atoms with van der Waals surface area (Å²) in [6, 6.07) is 8.53. The van der Waals surface area contributed by atoms with E-state index in [2.05, 4.69) is 58.2 Å². The highest BCUT2D eigenvalue weighted by Gasteiger charge is 2.25. The van der Waals surface area contributed by atoms with Crippen molar-refractivity contribution in [1.82, 2.24) is 15.1 Å². The van der Waals surface area contributed by atoms with Crippen molar-refractivity contribution in [3.05, 3.63) is 35.4 Å². The minimum Gasteiger partial charge on any atom is -0.370 e. The Hall–Kier alpha value is -1.59. The molecule has 0 aromatic heterocycles. The Bertz CT molecular complexity index is 610. The van der Waals surface area contributed by atoms with Gasteiger partial charge in [0.2, 0.25) is 0 Å². The molecule has 2 aliphatic rings. The summed E-state index contributed by atoms with van der Waals surface area (Å²) in [6.45, 7) is 11.7. The normalized spacial score (nSPS) is 22.9. The number of morpholine rings is 1. The van der Waals surface area contributed by atoms with E-state index >= 15 is 0 Å². The van der Waals surface area contributed by atoms with E-state index in [1.54, 1.807) is 0 Å². The maximum atomic E-state index is 6.06. The number of hydrogen-bond donors (Lipinski definition) is 1. The Balaban J connectivity index is 1.48. The molecule has 0 saturated carbocycles. The Morgan fingerprint density at radius 3 is 2.70 bits per heavy atom. The van der Waals surface area contributed by atoms with E-state index in [4.69, 9.17) is 4.74 Å². The smallest absolute Gasteiger partial charge is 0.193 e. The van der Waals surface area contributed by atoms with Gasteiger partial charge in [-0.3, -0.25) is 4.99 Å². The molecule has 2 aliphatic heterocycles. The molecule has 150 valence electrons. The van der Waals surface area contributed by atoms with Gasteiger partial charge >= 0.3 is 0 Å². The second kappa shape index (κ2) is 10.1. The molecule has 1 N–H and O–H groups in total. The van der Waals surface area contributed by atoms with Gasteiger partial charge in [0.15, 0.2) is 5.96 Å². The second-order valence-electron chi connectivity index (χ2n) is 7.80. The van der Waals surface area contributed by atoms with Crippen LogP contribution in [0.1, 0.15) is 43.4 Å². The van der Waals surface area contributed by atoms with Crippen LogP contribution in [-0.2, 0) is 4.74 Å². The fourth-order valence-corrected chi connectivity index (χ4v) is 4.29. The zero-order valence-corrected chi connectivity index (χ0v) is 17.3. The molecule has 0 amide bonds. The van der Waals surface area contributed by atoms with Crippen LogP contribution in [0.15, 0.2) is 29.3 Å². The van der Waals surface area contributed by atoms with Crippen LogP contribution in [0.2, 0.25) is 0 Å². The average molecular weight is 373 g/mol. The third kappa shape index (κ3) is 5.45. The molecule has 2 fully saturated rings. The molecule has 2 saturated heterocycles. The summed E-state index contributed by atoms with van der Waals surface area (Å²) < 4.78 is 6.06. The van der Waals surface area contributed by atoms with Crippen LogP contribution >= 0.6 is 0 Å². The molecule has 27 heavy (non-hydrogen) atoms. The van der Waals surface area contributed by atoms with Crippen molar-refractivity contribution < 1.29 is 4.74 Å². The number of aryl methyl sites for hydroxylation is 1. The quantitative estimate of drug-likeness (QED) is 0.637. The lowest BCUT2D eigenvalue weighted by atomic mass is 9.93. The van der Waals surface area contributed by atoms with E-state index in [0.717, 1.165) is 38.1 Å². The van der Waals surface area contributed by atoms with Crippen LogP contribution in [0.3, 0.4) is 0 Å². The highest BCUT2D eigenvalue weighted by molar-refractivity contribution is 5.80. The van der Waals surface area contributed by atoms with Crippen LogP contribution in [0.25, 0.3) is 0 Å². The first-order chi connectivity index (χ1) is 13.2. The number of hydrogen-bond acceptors (Lipinski definition) is 3. The highest BCUT2D eigenvalue weighted by Crippen LogP contribution is 2.25. The van der Waals surface area contributed by atoms with E-state index in [9.17, 15) is 0 Å². The van der Waals surface area contributed by atoms with E-state index in [0.29, 0.717) is 0 Å². The number of ether oxygens (including phenoxy) is 1. The third-order valence-electron chi connectivity index (χ3n) is 6.10. The van der Waals surface area contributed by atoms with Gasteiger partial charge < -0.3 is 19.9 Å². The SMILES string of the molecule is CCN1CCC(CCNC(=NC)N2CCOC(c3ccccc3C)C2)CC1. The lowest BCUT2D eigenvalue weighted by Gasteiger charge is -2.36. The van der Waals surface area contributed by atoms with Crippen LogP contribution in [0, 0.1) is 12.8 Å². The number of guanidine groups is 1. The van der Waals surface area contributed by atoms with E-state index in [-0.39, 0.29) is 6.10 Å². The van der Waals surface area contributed by atoms with Crippen molar-refractivity contribution in [3.8, 4) is 0 Å². The van der Waals surface area contributed by atoms with Crippen molar-refractivity contribution in [2.75, 3.05) is 52.9 Å². The summed E-state index contributed by atoms with van der Waals surface area (Å²) in [5.74, 6) is 1.87. The summed E-state index contributed by atoms with van der Waals surface area (Å²) in [6.07, 6.45) is 4.03. The summed E-state index contributed by atoms with van der Waals surface area (Å²) in [5, 5.41) is 3.61.